The molecule has 3 heterocycles. The van der Waals surface area contributed by atoms with E-state index in [0.29, 0.717) is 51.6 Å². The second-order valence-corrected chi connectivity index (χ2v) is 9.18. The maximum absolute atomic E-state index is 12.8. The van der Waals surface area contributed by atoms with Crippen LogP contribution in [0, 0.1) is 0 Å². The Morgan fingerprint density at radius 1 is 1.09 bits per heavy atom. The van der Waals surface area contributed by atoms with E-state index in [1.807, 2.05) is 30.3 Å². The van der Waals surface area contributed by atoms with Crippen LogP contribution in [0.5, 0.6) is 5.75 Å². The van der Waals surface area contributed by atoms with Gasteiger partial charge in [0, 0.05) is 60.1 Å². The van der Waals surface area contributed by atoms with Crippen molar-refractivity contribution in [2.24, 2.45) is 0 Å². The van der Waals surface area contributed by atoms with Crippen molar-refractivity contribution < 1.29 is 9.53 Å². The van der Waals surface area contributed by atoms with Crippen LogP contribution in [-0.4, -0.2) is 50.8 Å². The second kappa shape index (κ2) is 10.2. The SMILES string of the molecule is COc1cc(N2CCNCC2)ccc1Nc1nc(Cc2c(Cl)cccc2Cl)cc2c1C(=O)NCN2. The summed E-state index contributed by atoms with van der Waals surface area (Å²) in [4.78, 5) is 19.9. The van der Waals surface area contributed by atoms with Gasteiger partial charge in [0.1, 0.15) is 17.1 Å². The Kier molecular flexibility index (Phi) is 6.86. The number of anilines is 4. The molecule has 0 spiro atoms. The maximum Gasteiger partial charge on any atom is 0.258 e. The van der Waals surface area contributed by atoms with Crippen LogP contribution in [0.25, 0.3) is 0 Å². The van der Waals surface area contributed by atoms with Crippen LogP contribution in [0.3, 0.4) is 0 Å². The molecule has 1 saturated heterocycles. The molecule has 4 N–H and O–H groups in total. The Labute approximate surface area is 214 Å². The van der Waals surface area contributed by atoms with E-state index in [1.165, 1.54) is 0 Å². The number of ether oxygens (including phenoxy) is 1. The molecule has 0 bridgehead atoms. The number of pyridine rings is 1. The molecule has 8 nitrogen and oxygen atoms in total. The third-order valence-corrected chi connectivity index (χ3v) is 6.88. The molecule has 0 atom stereocenters. The smallest absolute Gasteiger partial charge is 0.258 e. The van der Waals surface area contributed by atoms with Gasteiger partial charge in [-0.25, -0.2) is 4.98 Å². The molecule has 10 heteroatoms. The molecule has 2 aliphatic heterocycles. The van der Waals surface area contributed by atoms with E-state index in [-0.39, 0.29) is 5.91 Å². The van der Waals surface area contributed by atoms with Crippen molar-refractivity contribution in [2.75, 3.05) is 55.5 Å². The summed E-state index contributed by atoms with van der Waals surface area (Å²) in [7, 11) is 1.63. The Morgan fingerprint density at radius 3 is 2.60 bits per heavy atom. The summed E-state index contributed by atoms with van der Waals surface area (Å²) in [6.45, 7) is 4.10. The van der Waals surface area contributed by atoms with Gasteiger partial charge in [0.05, 0.1) is 25.2 Å². The predicted octanol–water partition coefficient (Wildman–Crippen LogP) is 4.25. The van der Waals surface area contributed by atoms with E-state index in [9.17, 15) is 4.79 Å². The Bertz CT molecular complexity index is 1240. The number of fused-ring (bicyclic) bond motifs is 1. The summed E-state index contributed by atoms with van der Waals surface area (Å²) in [5, 5.41) is 13.9. The number of rotatable bonds is 6. The fraction of sp³-hybridized carbons (Fsp3) is 0.280. The molecule has 3 aromatic rings. The van der Waals surface area contributed by atoms with E-state index in [1.54, 1.807) is 19.2 Å². The summed E-state index contributed by atoms with van der Waals surface area (Å²) in [5.41, 5.74) is 4.45. The summed E-state index contributed by atoms with van der Waals surface area (Å²) >= 11 is 12.8. The lowest BCUT2D eigenvalue weighted by atomic mass is 10.1. The van der Waals surface area contributed by atoms with Gasteiger partial charge in [-0.15, -0.1) is 0 Å². The molecular formula is C25H26Cl2N6O2. The summed E-state index contributed by atoms with van der Waals surface area (Å²) in [6, 6.07) is 13.3. The van der Waals surface area contributed by atoms with Gasteiger partial charge in [-0.3, -0.25) is 4.79 Å². The van der Waals surface area contributed by atoms with Gasteiger partial charge in [-0.05, 0) is 35.9 Å². The minimum Gasteiger partial charge on any atom is -0.494 e. The van der Waals surface area contributed by atoms with E-state index in [0.717, 1.165) is 43.1 Å². The van der Waals surface area contributed by atoms with E-state index in [2.05, 4.69) is 26.2 Å². The van der Waals surface area contributed by atoms with Crippen LogP contribution in [0.1, 0.15) is 21.6 Å². The fourth-order valence-electron chi connectivity index (χ4n) is 4.37. The molecule has 0 saturated carbocycles. The number of nitrogens with zero attached hydrogens (tertiary/aromatic N) is 2. The molecule has 0 unspecified atom stereocenters. The minimum absolute atomic E-state index is 0.201. The van der Waals surface area contributed by atoms with Gasteiger partial charge in [-0.1, -0.05) is 29.3 Å². The molecular weight excluding hydrogens is 487 g/mol. The lowest BCUT2D eigenvalue weighted by Gasteiger charge is -2.30. The van der Waals surface area contributed by atoms with Crippen LogP contribution in [0.4, 0.5) is 22.9 Å². The summed E-state index contributed by atoms with van der Waals surface area (Å²) in [5.74, 6) is 0.895. The second-order valence-electron chi connectivity index (χ2n) is 8.37. The van der Waals surface area contributed by atoms with Crippen molar-refractivity contribution in [2.45, 2.75) is 6.42 Å². The van der Waals surface area contributed by atoms with Crippen LogP contribution in [-0.2, 0) is 6.42 Å². The molecule has 1 fully saturated rings. The average molecular weight is 513 g/mol. The van der Waals surface area contributed by atoms with Crippen LogP contribution in [0.2, 0.25) is 10.0 Å². The first-order chi connectivity index (χ1) is 17.0. The number of benzene rings is 2. The van der Waals surface area contributed by atoms with Crippen LogP contribution < -0.4 is 30.9 Å². The van der Waals surface area contributed by atoms with Crippen molar-refractivity contribution in [1.29, 1.82) is 0 Å². The molecule has 35 heavy (non-hydrogen) atoms. The number of piperazine rings is 1. The van der Waals surface area contributed by atoms with Crippen molar-refractivity contribution in [3.63, 3.8) is 0 Å². The molecule has 0 aliphatic carbocycles. The monoisotopic (exact) mass is 512 g/mol. The number of nitrogens with one attached hydrogen (secondary N) is 4. The van der Waals surface area contributed by atoms with Gasteiger partial charge in [-0.2, -0.15) is 0 Å². The predicted molar refractivity (Wildman–Crippen MR) is 141 cm³/mol. The highest BCUT2D eigenvalue weighted by Crippen LogP contribution is 2.36. The van der Waals surface area contributed by atoms with Gasteiger partial charge in [0.15, 0.2) is 0 Å². The van der Waals surface area contributed by atoms with E-state index in [4.69, 9.17) is 32.9 Å². The van der Waals surface area contributed by atoms with Gasteiger partial charge >= 0.3 is 0 Å². The van der Waals surface area contributed by atoms with Crippen molar-refractivity contribution in [3.05, 3.63) is 69.3 Å². The highest BCUT2D eigenvalue weighted by Gasteiger charge is 2.24. The zero-order chi connectivity index (χ0) is 24.4. The van der Waals surface area contributed by atoms with Crippen molar-refractivity contribution in [3.8, 4) is 5.75 Å². The van der Waals surface area contributed by atoms with Crippen molar-refractivity contribution in [1.82, 2.24) is 15.6 Å². The quantitative estimate of drug-likeness (QED) is 0.392. The standard InChI is InChI=1S/C25H26Cl2N6O2/c1-35-22-13-16(33-9-7-28-8-10-33)5-6-20(22)32-24-23-21(29-14-30-25(23)34)12-15(31-24)11-17-18(26)3-2-4-19(17)27/h2-6,12-13,28-29H,7-11,14H2,1H3,(H,30,34)(H,31,32). The number of amides is 1. The highest BCUT2D eigenvalue weighted by atomic mass is 35.5. The molecule has 182 valence electrons. The Morgan fingerprint density at radius 2 is 1.86 bits per heavy atom. The lowest BCUT2D eigenvalue weighted by molar-refractivity contribution is 0.0953. The van der Waals surface area contributed by atoms with E-state index >= 15 is 0 Å². The number of hydrogen-bond acceptors (Lipinski definition) is 7. The first-order valence-corrected chi connectivity index (χ1v) is 12.2. The Balaban J connectivity index is 1.51. The normalized spacial score (nSPS) is 15.2. The first kappa shape index (κ1) is 23.5. The third-order valence-electron chi connectivity index (χ3n) is 6.17. The van der Waals surface area contributed by atoms with Crippen LogP contribution in [0.15, 0.2) is 42.5 Å². The summed E-state index contributed by atoms with van der Waals surface area (Å²) in [6.07, 6.45) is 0.419. The number of hydrogen-bond donors (Lipinski definition) is 4. The number of halogens is 2. The van der Waals surface area contributed by atoms with Gasteiger partial charge < -0.3 is 30.9 Å². The van der Waals surface area contributed by atoms with Crippen molar-refractivity contribution >= 4 is 52.0 Å². The number of methoxy groups -OCH3 is 1. The van der Waals surface area contributed by atoms with Crippen LogP contribution >= 0.6 is 23.2 Å². The maximum atomic E-state index is 12.8. The number of aromatic nitrogens is 1. The van der Waals surface area contributed by atoms with E-state index < -0.39 is 0 Å². The largest absolute Gasteiger partial charge is 0.494 e. The molecule has 1 aromatic heterocycles. The molecule has 2 aromatic carbocycles. The molecule has 2 aliphatic rings. The third kappa shape index (κ3) is 4.96. The zero-order valence-corrected chi connectivity index (χ0v) is 20.8. The lowest BCUT2D eigenvalue weighted by Crippen LogP contribution is -2.43. The topological polar surface area (TPSA) is 90.6 Å². The Hall–Kier alpha value is -3.20. The van der Waals surface area contributed by atoms with Gasteiger partial charge in [0.2, 0.25) is 0 Å². The minimum atomic E-state index is -0.201. The number of carbonyl (C=O) groups is 1. The fourth-order valence-corrected chi connectivity index (χ4v) is 4.90. The average Bonchev–Trinajstić information content (AvgIpc) is 2.87. The summed E-state index contributed by atoms with van der Waals surface area (Å²) < 4.78 is 5.69. The molecule has 0 radical (unpaired) electrons. The van der Waals surface area contributed by atoms with Gasteiger partial charge in [0.25, 0.3) is 5.91 Å². The highest BCUT2D eigenvalue weighted by molar-refractivity contribution is 6.36. The molecule has 1 amide bonds. The number of carbonyl (C=O) groups excluding carboxylic acids is 1. The first-order valence-electron chi connectivity index (χ1n) is 11.4. The zero-order valence-electron chi connectivity index (χ0n) is 19.3. The molecule has 5 rings (SSSR count).